The monoisotopic (exact) mass is 1210 g/mol. The van der Waals surface area contributed by atoms with E-state index in [1.807, 2.05) is 18.2 Å². The Balaban J connectivity index is 0.000000116. The Bertz CT molecular complexity index is 5810. The van der Waals surface area contributed by atoms with Gasteiger partial charge < -0.3 is 13.4 Å². The van der Waals surface area contributed by atoms with Gasteiger partial charge in [0.2, 0.25) is 0 Å². The van der Waals surface area contributed by atoms with E-state index in [-0.39, 0.29) is 23.0 Å². The van der Waals surface area contributed by atoms with E-state index in [1.165, 1.54) is 133 Å². The molecule has 440 valence electrons. The molecule has 0 saturated heterocycles. The van der Waals surface area contributed by atoms with Crippen LogP contribution in [0.5, 0.6) is 0 Å². The first kappa shape index (κ1) is 54.6. The predicted octanol–water partition coefficient (Wildman–Crippen LogP) is 23.7. The second-order valence-corrected chi connectivity index (χ2v) is 25.3. The average molecular weight is 1210 g/mol. The number of halogens is 2. The summed E-state index contributed by atoms with van der Waals surface area (Å²) in [6.07, 6.45) is 1.10. The van der Waals surface area contributed by atoms with Crippen molar-refractivity contribution in [2.75, 3.05) is 0 Å². The van der Waals surface area contributed by atoms with Crippen molar-refractivity contribution in [3.63, 3.8) is 0 Å². The zero-order valence-corrected chi connectivity index (χ0v) is 50.4. The molecule has 22 rings (SSSR count). The minimum atomic E-state index is -0.387. The molecule has 14 aromatic carbocycles. The first-order valence-electron chi connectivity index (χ1n) is 31.5. The van der Waals surface area contributed by atoms with Gasteiger partial charge in [0.05, 0.1) is 38.0 Å². The SMILES string of the molecule is C.Clc1cccc2oc3cc4c(cc3c12)-c1ccccc1C41c2ccccc2-c2ccccc21.F.c1ccc2c(c1)-c1ccccc1C21c2ccccc2-c2cc3c(cc21)oc1cccc(-n2c4ccccc4c4ccccc42)c13.c1ccc2c(c1)Cc1ccccc1-2. The minimum Gasteiger partial charge on any atom is -0.456 e. The highest BCUT2D eigenvalue weighted by Gasteiger charge is 2.53. The molecule has 3 heterocycles. The second kappa shape index (κ2) is 20.4. The van der Waals surface area contributed by atoms with E-state index in [0.29, 0.717) is 0 Å². The largest absolute Gasteiger partial charge is 0.456 e. The Morgan fingerprint density at radius 1 is 0.280 bits per heavy atom. The molecule has 17 aromatic rings. The van der Waals surface area contributed by atoms with Crippen LogP contribution in [0.15, 0.2) is 312 Å². The van der Waals surface area contributed by atoms with Crippen LogP contribution in [0.1, 0.15) is 63.1 Å². The van der Waals surface area contributed by atoms with Gasteiger partial charge in [-0.25, -0.2) is 0 Å². The predicted molar refractivity (Wildman–Crippen MR) is 383 cm³/mol. The molecule has 0 fully saturated rings. The summed E-state index contributed by atoms with van der Waals surface area (Å²) < 4.78 is 15.6. The zero-order chi connectivity index (χ0) is 59.7. The van der Waals surface area contributed by atoms with Gasteiger partial charge in [0, 0.05) is 26.9 Å². The Kier molecular flexibility index (Phi) is 12.0. The Morgan fingerprint density at radius 3 is 1.04 bits per heavy atom. The molecule has 0 aliphatic heterocycles. The number of hydrogen-bond acceptors (Lipinski definition) is 2. The van der Waals surface area contributed by atoms with Crippen molar-refractivity contribution in [1.82, 2.24) is 4.57 Å². The number of para-hydroxylation sites is 2. The molecule has 3 aromatic heterocycles. The van der Waals surface area contributed by atoms with Crippen LogP contribution < -0.4 is 0 Å². The van der Waals surface area contributed by atoms with Crippen molar-refractivity contribution >= 4 is 77.3 Å². The maximum atomic E-state index is 6.80. The number of benzene rings is 14. The number of aromatic nitrogens is 1. The smallest absolute Gasteiger partial charge is 0.137 e. The lowest BCUT2D eigenvalue weighted by molar-refractivity contribution is 0.666. The van der Waals surface area contributed by atoms with Crippen LogP contribution in [0.2, 0.25) is 5.02 Å². The Labute approximate surface area is 542 Å². The lowest BCUT2D eigenvalue weighted by Gasteiger charge is -2.30. The summed E-state index contributed by atoms with van der Waals surface area (Å²) in [6, 6.07) is 110. The van der Waals surface area contributed by atoms with Gasteiger partial charge in [0.25, 0.3) is 0 Å². The van der Waals surface area contributed by atoms with E-state index < -0.39 is 0 Å². The number of hydrogen-bond donors (Lipinski definition) is 0. The molecule has 0 bridgehead atoms. The lowest BCUT2D eigenvalue weighted by atomic mass is 9.70. The maximum Gasteiger partial charge on any atom is 0.137 e. The summed E-state index contributed by atoms with van der Waals surface area (Å²) in [6.45, 7) is 0. The van der Waals surface area contributed by atoms with Crippen LogP contribution in [0.3, 0.4) is 0 Å². The van der Waals surface area contributed by atoms with Crippen LogP contribution in [-0.2, 0) is 17.3 Å². The molecule has 3 nitrogen and oxygen atoms in total. The highest BCUT2D eigenvalue weighted by molar-refractivity contribution is 6.37. The normalized spacial score (nSPS) is 13.6. The Hall–Kier alpha value is -11.3. The maximum absolute atomic E-state index is 6.80. The number of rotatable bonds is 1. The standard InChI is InChI=1S/C43H25NO.C31H17ClO.C13H10.CH4.FH/c1-6-17-33-26(12-1)27-13-2-7-18-34(27)43(33)35-19-8-3-14-28(35)31-24-32-41(25-36(31)43)45-40-23-11-22-39(42(32)40)44-37-20-9-4-15-29(37)30-16-5-10-21-38(30)44;32-27-14-7-15-28-30(27)22-16-21-20-10-3-6-13-25(20)31(26(21)17-29(22)33-28)23-11-4-1-8-18(23)19-9-2-5-12-24(19)31;1-3-7-12-10(5-1)9-11-6-2-4-8-13(11)12;;/h1-25H;1-17H;1-8H,9H2;1H4;1H. The van der Waals surface area contributed by atoms with E-state index in [0.717, 1.165) is 61.0 Å². The van der Waals surface area contributed by atoms with Crippen LogP contribution in [-0.4, -0.2) is 4.57 Å². The summed E-state index contributed by atoms with van der Waals surface area (Å²) in [7, 11) is 0. The van der Waals surface area contributed by atoms with E-state index in [1.54, 1.807) is 0 Å². The van der Waals surface area contributed by atoms with E-state index >= 15 is 0 Å². The van der Waals surface area contributed by atoms with Crippen LogP contribution in [0.4, 0.5) is 4.70 Å². The molecule has 93 heavy (non-hydrogen) atoms. The molecule has 0 saturated carbocycles. The average Bonchev–Trinajstić information content (AvgIpc) is 1.52. The summed E-state index contributed by atoms with van der Waals surface area (Å²) in [5.74, 6) is 0. The van der Waals surface area contributed by atoms with Crippen LogP contribution in [0, 0.1) is 0 Å². The van der Waals surface area contributed by atoms with Crippen molar-refractivity contribution < 1.29 is 13.5 Å². The van der Waals surface area contributed by atoms with E-state index in [4.69, 9.17) is 20.4 Å². The molecule has 0 atom stereocenters. The quantitative estimate of drug-likeness (QED) is 0.164. The second-order valence-electron chi connectivity index (χ2n) is 24.9. The third-order valence-electron chi connectivity index (χ3n) is 20.7. The molecular formula is C88H57ClFNO2. The summed E-state index contributed by atoms with van der Waals surface area (Å²) in [5.41, 5.74) is 33.1. The molecule has 0 amide bonds. The Morgan fingerprint density at radius 2 is 0.613 bits per heavy atom. The third-order valence-corrected chi connectivity index (χ3v) is 21.0. The fourth-order valence-corrected chi connectivity index (χ4v) is 17.5. The first-order chi connectivity index (χ1) is 45.1. The summed E-state index contributed by atoms with van der Waals surface area (Å²) in [4.78, 5) is 0. The van der Waals surface area contributed by atoms with Gasteiger partial charge in [0.1, 0.15) is 22.3 Å². The van der Waals surface area contributed by atoms with Gasteiger partial charge >= 0.3 is 0 Å². The summed E-state index contributed by atoms with van der Waals surface area (Å²) >= 11 is 6.62. The fraction of sp³-hybridized carbons (Fsp3) is 0.0455. The summed E-state index contributed by atoms with van der Waals surface area (Å²) in [5, 5.41) is 7.59. The van der Waals surface area contributed by atoms with Crippen LogP contribution in [0.25, 0.3) is 127 Å². The first-order valence-corrected chi connectivity index (χ1v) is 31.8. The van der Waals surface area contributed by atoms with Gasteiger partial charge in [-0.1, -0.05) is 262 Å². The topological polar surface area (TPSA) is 31.2 Å². The van der Waals surface area contributed by atoms with Gasteiger partial charge in [-0.3, -0.25) is 4.70 Å². The number of furan rings is 2. The van der Waals surface area contributed by atoms with Crippen molar-refractivity contribution in [3.05, 3.63) is 364 Å². The van der Waals surface area contributed by atoms with Gasteiger partial charge in [-0.2, -0.15) is 0 Å². The minimum absolute atomic E-state index is 0. The zero-order valence-electron chi connectivity index (χ0n) is 49.6. The molecule has 0 radical (unpaired) electrons. The number of nitrogens with zero attached hydrogens (tertiary/aromatic N) is 1. The van der Waals surface area contributed by atoms with E-state index in [9.17, 15) is 0 Å². The fourth-order valence-electron chi connectivity index (χ4n) is 17.2. The van der Waals surface area contributed by atoms with Crippen molar-refractivity contribution in [2.24, 2.45) is 0 Å². The molecular weight excluding hydrogens is 1160 g/mol. The van der Waals surface area contributed by atoms with Gasteiger partial charge in [-0.05, 0) is 178 Å². The van der Waals surface area contributed by atoms with Gasteiger partial charge in [0.15, 0.2) is 0 Å². The van der Waals surface area contributed by atoms with Gasteiger partial charge in [-0.15, -0.1) is 0 Å². The van der Waals surface area contributed by atoms with Crippen molar-refractivity contribution in [3.8, 4) is 61.3 Å². The lowest BCUT2D eigenvalue weighted by Crippen LogP contribution is -2.25. The molecule has 5 heteroatoms. The van der Waals surface area contributed by atoms with E-state index in [2.05, 4.69) is 290 Å². The highest BCUT2D eigenvalue weighted by Crippen LogP contribution is 2.65. The molecule has 0 N–H and O–H groups in total. The van der Waals surface area contributed by atoms with Crippen molar-refractivity contribution in [1.29, 1.82) is 0 Å². The number of fused-ring (bicyclic) bond motifs is 32. The molecule has 2 spiro atoms. The molecule has 5 aliphatic carbocycles. The third kappa shape index (κ3) is 7.24. The van der Waals surface area contributed by atoms with Crippen molar-refractivity contribution in [2.45, 2.75) is 24.7 Å². The molecule has 5 aliphatic rings. The highest BCUT2D eigenvalue weighted by atomic mass is 35.5. The van der Waals surface area contributed by atoms with Crippen LogP contribution >= 0.6 is 11.6 Å². The molecule has 0 unspecified atom stereocenters.